The third-order valence-corrected chi connectivity index (χ3v) is 1.96. The summed E-state index contributed by atoms with van der Waals surface area (Å²) in [6, 6.07) is 6.55. The van der Waals surface area contributed by atoms with E-state index < -0.39 is 0 Å². The first kappa shape index (κ1) is 12.5. The summed E-state index contributed by atoms with van der Waals surface area (Å²) >= 11 is 11.0. The maximum Gasteiger partial charge on any atom is 0.124 e. The SMILES string of the molecule is Nc1cc(Cl)ccn1.Nc1cc(Cl)ccn1. The Morgan fingerprint density at radius 3 is 1.38 bits per heavy atom. The Labute approximate surface area is 103 Å². The zero-order valence-electron chi connectivity index (χ0n) is 8.27. The van der Waals surface area contributed by atoms with Crippen molar-refractivity contribution in [2.45, 2.75) is 0 Å². The molecular formula is C10H10Cl2N4. The summed E-state index contributed by atoms with van der Waals surface area (Å²) in [4.78, 5) is 7.47. The van der Waals surface area contributed by atoms with Crippen molar-refractivity contribution in [3.63, 3.8) is 0 Å². The monoisotopic (exact) mass is 256 g/mol. The van der Waals surface area contributed by atoms with E-state index in [0.717, 1.165) is 0 Å². The van der Waals surface area contributed by atoms with Crippen LogP contribution in [0.4, 0.5) is 11.6 Å². The minimum absolute atomic E-state index is 0.456. The predicted octanol–water partition coefficient (Wildman–Crippen LogP) is 2.63. The molecule has 4 N–H and O–H groups in total. The van der Waals surface area contributed by atoms with Crippen molar-refractivity contribution < 1.29 is 0 Å². The van der Waals surface area contributed by atoms with Gasteiger partial charge in [-0.15, -0.1) is 0 Å². The number of nitrogens with zero attached hydrogens (tertiary/aromatic N) is 2. The molecule has 0 radical (unpaired) electrons. The summed E-state index contributed by atoms with van der Waals surface area (Å²) < 4.78 is 0. The number of halogens is 2. The molecule has 0 saturated carbocycles. The van der Waals surface area contributed by atoms with E-state index in [-0.39, 0.29) is 0 Å². The maximum absolute atomic E-state index is 5.52. The first-order chi connectivity index (χ1) is 7.58. The van der Waals surface area contributed by atoms with Crippen LogP contribution in [0.5, 0.6) is 0 Å². The number of hydrogen-bond acceptors (Lipinski definition) is 4. The number of hydrogen-bond donors (Lipinski definition) is 2. The lowest BCUT2D eigenvalue weighted by atomic mass is 10.5. The van der Waals surface area contributed by atoms with Crippen molar-refractivity contribution in [1.29, 1.82) is 0 Å². The molecule has 0 unspecified atom stereocenters. The fraction of sp³-hybridized carbons (Fsp3) is 0. The van der Waals surface area contributed by atoms with Crippen LogP contribution in [-0.2, 0) is 0 Å². The van der Waals surface area contributed by atoms with Gasteiger partial charge in [0.1, 0.15) is 11.6 Å². The van der Waals surface area contributed by atoms with E-state index in [1.165, 1.54) is 0 Å². The molecule has 0 atom stereocenters. The number of pyridine rings is 2. The molecule has 0 amide bonds. The number of nitrogen functional groups attached to an aromatic ring is 2. The molecule has 0 aliphatic carbocycles. The Morgan fingerprint density at radius 1 is 0.812 bits per heavy atom. The first-order valence-corrected chi connectivity index (χ1v) is 5.07. The van der Waals surface area contributed by atoms with Crippen LogP contribution < -0.4 is 11.5 Å². The highest BCUT2D eigenvalue weighted by molar-refractivity contribution is 6.31. The summed E-state index contributed by atoms with van der Waals surface area (Å²) in [7, 11) is 0. The van der Waals surface area contributed by atoms with Crippen molar-refractivity contribution in [3.05, 3.63) is 46.7 Å². The molecule has 0 saturated heterocycles. The summed E-state index contributed by atoms with van der Waals surface area (Å²) in [5.41, 5.74) is 10.5. The number of aromatic nitrogens is 2. The van der Waals surface area contributed by atoms with Gasteiger partial charge in [-0.25, -0.2) is 9.97 Å². The second kappa shape index (κ2) is 6.15. The van der Waals surface area contributed by atoms with Gasteiger partial charge in [0.15, 0.2) is 0 Å². The second-order valence-electron chi connectivity index (χ2n) is 2.80. The molecule has 84 valence electrons. The normalized spacial score (nSPS) is 9.12. The molecule has 0 aliphatic heterocycles. The molecule has 16 heavy (non-hydrogen) atoms. The van der Waals surface area contributed by atoms with Crippen LogP contribution >= 0.6 is 23.2 Å². The van der Waals surface area contributed by atoms with E-state index in [4.69, 9.17) is 34.7 Å². The molecule has 6 heteroatoms. The number of rotatable bonds is 0. The molecule has 2 rings (SSSR count). The average molecular weight is 257 g/mol. The Hall–Kier alpha value is -1.52. The Morgan fingerprint density at radius 2 is 1.19 bits per heavy atom. The van der Waals surface area contributed by atoms with Crippen LogP contribution in [0, 0.1) is 0 Å². The van der Waals surface area contributed by atoms with Crippen LogP contribution in [-0.4, -0.2) is 9.97 Å². The summed E-state index contributed by atoms with van der Waals surface area (Å²) in [6.07, 6.45) is 3.13. The van der Waals surface area contributed by atoms with E-state index >= 15 is 0 Å². The van der Waals surface area contributed by atoms with E-state index in [2.05, 4.69) is 9.97 Å². The van der Waals surface area contributed by atoms with Crippen LogP contribution in [0.2, 0.25) is 10.0 Å². The quantitative estimate of drug-likeness (QED) is 0.760. The second-order valence-corrected chi connectivity index (χ2v) is 3.67. The number of anilines is 2. The van der Waals surface area contributed by atoms with Crippen molar-refractivity contribution in [2.24, 2.45) is 0 Å². The molecule has 2 aromatic rings. The third kappa shape index (κ3) is 4.82. The fourth-order valence-corrected chi connectivity index (χ4v) is 1.18. The highest BCUT2D eigenvalue weighted by Crippen LogP contribution is 2.08. The van der Waals surface area contributed by atoms with Gasteiger partial charge in [0, 0.05) is 22.4 Å². The molecule has 2 heterocycles. The van der Waals surface area contributed by atoms with Gasteiger partial charge < -0.3 is 11.5 Å². The average Bonchev–Trinajstić information content (AvgIpc) is 2.17. The van der Waals surface area contributed by atoms with Gasteiger partial charge in [-0.1, -0.05) is 23.2 Å². The standard InChI is InChI=1S/2C5H5ClN2/c2*6-4-1-2-8-5(7)3-4/h2*1-3H,(H2,7,8). The van der Waals surface area contributed by atoms with Gasteiger partial charge in [-0.05, 0) is 24.3 Å². The fourth-order valence-electron chi connectivity index (χ4n) is 0.842. The topological polar surface area (TPSA) is 77.8 Å². The minimum Gasteiger partial charge on any atom is -0.384 e. The van der Waals surface area contributed by atoms with Crippen molar-refractivity contribution >= 4 is 34.8 Å². The molecule has 0 aromatic carbocycles. The smallest absolute Gasteiger partial charge is 0.124 e. The highest BCUT2D eigenvalue weighted by Gasteiger charge is 1.85. The summed E-state index contributed by atoms with van der Waals surface area (Å²) in [6.45, 7) is 0. The van der Waals surface area contributed by atoms with Gasteiger partial charge in [0.25, 0.3) is 0 Å². The summed E-state index contributed by atoms with van der Waals surface area (Å²) in [5, 5.41) is 1.25. The zero-order chi connectivity index (χ0) is 12.0. The molecule has 0 aliphatic rings. The highest BCUT2D eigenvalue weighted by atomic mass is 35.5. The van der Waals surface area contributed by atoms with E-state index in [0.29, 0.717) is 21.7 Å². The van der Waals surface area contributed by atoms with Gasteiger partial charge in [0.05, 0.1) is 0 Å². The zero-order valence-corrected chi connectivity index (χ0v) is 9.78. The molecule has 0 spiro atoms. The maximum atomic E-state index is 5.52. The predicted molar refractivity (Wildman–Crippen MR) is 67.3 cm³/mol. The van der Waals surface area contributed by atoms with Crippen molar-refractivity contribution in [2.75, 3.05) is 11.5 Å². The van der Waals surface area contributed by atoms with Crippen molar-refractivity contribution in [3.8, 4) is 0 Å². The van der Waals surface area contributed by atoms with Gasteiger partial charge in [-0.2, -0.15) is 0 Å². The van der Waals surface area contributed by atoms with Gasteiger partial charge >= 0.3 is 0 Å². The van der Waals surface area contributed by atoms with E-state index in [9.17, 15) is 0 Å². The molecule has 0 bridgehead atoms. The molecule has 0 fully saturated rings. The lowest BCUT2D eigenvalue weighted by Crippen LogP contribution is -1.86. The largest absolute Gasteiger partial charge is 0.384 e. The minimum atomic E-state index is 0.456. The Balaban J connectivity index is 0.000000160. The third-order valence-electron chi connectivity index (χ3n) is 1.49. The Kier molecular flexibility index (Phi) is 4.82. The van der Waals surface area contributed by atoms with E-state index in [1.54, 1.807) is 36.7 Å². The molecule has 4 nitrogen and oxygen atoms in total. The van der Waals surface area contributed by atoms with Crippen LogP contribution in [0.25, 0.3) is 0 Å². The lowest BCUT2D eigenvalue weighted by Gasteiger charge is -1.88. The number of nitrogens with two attached hydrogens (primary N) is 2. The van der Waals surface area contributed by atoms with Gasteiger partial charge in [0.2, 0.25) is 0 Å². The summed E-state index contributed by atoms with van der Waals surface area (Å²) in [5.74, 6) is 0.912. The lowest BCUT2D eigenvalue weighted by molar-refractivity contribution is 1.34. The first-order valence-electron chi connectivity index (χ1n) is 4.32. The van der Waals surface area contributed by atoms with Crippen LogP contribution in [0.1, 0.15) is 0 Å². The Bertz CT molecular complexity index is 384. The van der Waals surface area contributed by atoms with Crippen LogP contribution in [0.3, 0.4) is 0 Å². The van der Waals surface area contributed by atoms with Gasteiger partial charge in [-0.3, -0.25) is 0 Å². The van der Waals surface area contributed by atoms with Crippen molar-refractivity contribution in [1.82, 2.24) is 9.97 Å². The van der Waals surface area contributed by atoms with Crippen LogP contribution in [0.15, 0.2) is 36.7 Å². The molecule has 2 aromatic heterocycles. The van der Waals surface area contributed by atoms with E-state index in [1.807, 2.05) is 0 Å². The molecular weight excluding hydrogens is 247 g/mol.